The largest absolute Gasteiger partial charge is 0.491 e. The molecule has 116 valence electrons. The van der Waals surface area contributed by atoms with Crippen molar-refractivity contribution < 1.29 is 24.3 Å². The molecule has 0 unspecified atom stereocenters. The lowest BCUT2D eigenvalue weighted by Gasteiger charge is -2.15. The van der Waals surface area contributed by atoms with E-state index in [9.17, 15) is 14.8 Å². The van der Waals surface area contributed by atoms with Gasteiger partial charge in [0.25, 0.3) is 0 Å². The zero-order chi connectivity index (χ0) is 15.8. The minimum Gasteiger partial charge on any atom is -0.491 e. The van der Waals surface area contributed by atoms with Crippen LogP contribution in [0.3, 0.4) is 0 Å². The smallest absolute Gasteiger partial charge is 0.341 e. The molecule has 1 aromatic rings. The van der Waals surface area contributed by atoms with Gasteiger partial charge < -0.3 is 9.47 Å². The van der Waals surface area contributed by atoms with Crippen LogP contribution in [0.5, 0.6) is 5.75 Å². The number of hydroxylamine groups is 2. The van der Waals surface area contributed by atoms with Gasteiger partial charge in [0.05, 0.1) is 25.3 Å². The van der Waals surface area contributed by atoms with Gasteiger partial charge in [0.2, 0.25) is 6.41 Å². The number of carbonyl (C=O) groups is 2. The first-order valence-electron chi connectivity index (χ1n) is 6.47. The molecule has 0 saturated heterocycles. The van der Waals surface area contributed by atoms with E-state index in [-0.39, 0.29) is 29.3 Å². The second-order valence-corrected chi connectivity index (χ2v) is 4.76. The molecule has 0 radical (unpaired) electrons. The second kappa shape index (κ2) is 8.49. The predicted molar refractivity (Wildman–Crippen MR) is 76.6 cm³/mol. The van der Waals surface area contributed by atoms with Crippen LogP contribution >= 0.6 is 11.6 Å². The lowest BCUT2D eigenvalue weighted by Crippen LogP contribution is -2.17. The fourth-order valence-corrected chi connectivity index (χ4v) is 1.99. The Balaban J connectivity index is 3.11. The SMILES string of the molecule is CCCCOc1c(Cl)cc(CN(O)C=O)cc1C(=O)OC. The molecule has 1 N–H and O–H groups in total. The van der Waals surface area contributed by atoms with Crippen LogP contribution in [0.1, 0.15) is 35.7 Å². The van der Waals surface area contributed by atoms with Gasteiger partial charge in [0.15, 0.2) is 5.75 Å². The van der Waals surface area contributed by atoms with Crippen molar-refractivity contribution in [2.75, 3.05) is 13.7 Å². The number of rotatable bonds is 8. The van der Waals surface area contributed by atoms with Crippen molar-refractivity contribution in [3.63, 3.8) is 0 Å². The Hall–Kier alpha value is -1.79. The molecule has 0 aliphatic carbocycles. The van der Waals surface area contributed by atoms with Crippen LogP contribution in [0.15, 0.2) is 12.1 Å². The number of benzene rings is 1. The summed E-state index contributed by atoms with van der Waals surface area (Å²) in [7, 11) is 1.25. The molecular weight excluding hydrogens is 298 g/mol. The third-order valence-corrected chi connectivity index (χ3v) is 3.00. The average Bonchev–Trinajstić information content (AvgIpc) is 2.48. The third kappa shape index (κ3) is 4.91. The van der Waals surface area contributed by atoms with Gasteiger partial charge >= 0.3 is 5.97 Å². The summed E-state index contributed by atoms with van der Waals surface area (Å²) in [5, 5.41) is 9.88. The van der Waals surface area contributed by atoms with E-state index in [0.29, 0.717) is 17.2 Å². The summed E-state index contributed by atoms with van der Waals surface area (Å²) in [6.07, 6.45) is 2.04. The number of methoxy groups -OCH3 is 1. The van der Waals surface area contributed by atoms with E-state index in [0.717, 1.165) is 12.8 Å². The molecule has 1 aromatic carbocycles. The number of hydrogen-bond acceptors (Lipinski definition) is 5. The van der Waals surface area contributed by atoms with Crippen LogP contribution in [0.4, 0.5) is 0 Å². The number of nitrogens with zero attached hydrogens (tertiary/aromatic N) is 1. The summed E-state index contributed by atoms with van der Waals surface area (Å²) in [6.45, 7) is 2.35. The number of unbranched alkanes of at least 4 members (excludes halogenated alkanes) is 1. The van der Waals surface area contributed by atoms with Gasteiger partial charge in [-0.15, -0.1) is 0 Å². The molecule has 0 aromatic heterocycles. The van der Waals surface area contributed by atoms with Gasteiger partial charge in [-0.05, 0) is 24.1 Å². The first-order chi connectivity index (χ1) is 10.0. The van der Waals surface area contributed by atoms with Crippen LogP contribution in [0, 0.1) is 0 Å². The number of ether oxygens (including phenoxy) is 2. The van der Waals surface area contributed by atoms with Crippen LogP contribution in [-0.4, -0.2) is 36.4 Å². The fourth-order valence-electron chi connectivity index (χ4n) is 1.69. The third-order valence-electron chi connectivity index (χ3n) is 2.72. The summed E-state index contributed by atoms with van der Waals surface area (Å²) in [4.78, 5) is 22.3. The van der Waals surface area contributed by atoms with E-state index >= 15 is 0 Å². The van der Waals surface area contributed by atoms with Crippen molar-refractivity contribution in [3.05, 3.63) is 28.3 Å². The van der Waals surface area contributed by atoms with E-state index < -0.39 is 5.97 Å². The maximum atomic E-state index is 11.8. The minimum atomic E-state index is -0.596. The monoisotopic (exact) mass is 315 g/mol. The lowest BCUT2D eigenvalue weighted by molar-refractivity contribution is -0.152. The highest BCUT2D eigenvalue weighted by Gasteiger charge is 2.19. The molecule has 0 fully saturated rings. The number of hydrogen-bond donors (Lipinski definition) is 1. The highest BCUT2D eigenvalue weighted by atomic mass is 35.5. The predicted octanol–water partition coefficient (Wildman–Crippen LogP) is 2.65. The molecule has 0 aliphatic heterocycles. The normalized spacial score (nSPS) is 10.1. The Bertz CT molecular complexity index is 506. The first kappa shape index (κ1) is 17.3. The van der Waals surface area contributed by atoms with Crippen molar-refractivity contribution in [1.29, 1.82) is 0 Å². The molecule has 0 bridgehead atoms. The van der Waals surface area contributed by atoms with E-state index in [4.69, 9.17) is 21.1 Å². The molecule has 1 amide bonds. The van der Waals surface area contributed by atoms with Gasteiger partial charge in [-0.1, -0.05) is 24.9 Å². The molecule has 0 saturated carbocycles. The maximum Gasteiger partial charge on any atom is 0.341 e. The highest BCUT2D eigenvalue weighted by Crippen LogP contribution is 2.31. The Kier molecular flexibility index (Phi) is 6.98. The highest BCUT2D eigenvalue weighted by molar-refractivity contribution is 6.32. The summed E-state index contributed by atoms with van der Waals surface area (Å²) in [5.41, 5.74) is 0.647. The van der Waals surface area contributed by atoms with Crippen LogP contribution in [0.25, 0.3) is 0 Å². The maximum absolute atomic E-state index is 11.8. The lowest BCUT2D eigenvalue weighted by atomic mass is 10.1. The average molecular weight is 316 g/mol. The molecule has 0 aliphatic rings. The molecule has 7 heteroatoms. The van der Waals surface area contributed by atoms with Gasteiger partial charge in [-0.3, -0.25) is 10.0 Å². The standard InChI is InChI=1S/C14H18ClNO5/c1-3-4-5-21-13-11(14(18)20-2)6-10(7-12(13)15)8-16(19)9-17/h6-7,9,19H,3-5,8H2,1-2H3. The molecular formula is C14H18ClNO5. The zero-order valence-corrected chi connectivity index (χ0v) is 12.7. The quantitative estimate of drug-likeness (QED) is 0.262. The molecule has 0 spiro atoms. The van der Waals surface area contributed by atoms with E-state index in [1.54, 1.807) is 0 Å². The molecule has 0 atom stereocenters. The number of halogens is 1. The summed E-state index contributed by atoms with van der Waals surface area (Å²) in [5.74, 6) is -0.350. The topological polar surface area (TPSA) is 76.1 Å². The van der Waals surface area contributed by atoms with Crippen molar-refractivity contribution in [2.45, 2.75) is 26.3 Å². The van der Waals surface area contributed by atoms with Crippen LogP contribution < -0.4 is 4.74 Å². The van der Waals surface area contributed by atoms with Crippen molar-refractivity contribution in [3.8, 4) is 5.75 Å². The second-order valence-electron chi connectivity index (χ2n) is 4.35. The van der Waals surface area contributed by atoms with Crippen LogP contribution in [-0.2, 0) is 16.1 Å². The summed E-state index contributed by atoms with van der Waals surface area (Å²) >= 11 is 6.12. The number of carbonyl (C=O) groups excluding carboxylic acids is 2. The molecule has 6 nitrogen and oxygen atoms in total. The van der Waals surface area contributed by atoms with Crippen LogP contribution in [0.2, 0.25) is 5.02 Å². The molecule has 21 heavy (non-hydrogen) atoms. The van der Waals surface area contributed by atoms with Crippen molar-refractivity contribution in [2.24, 2.45) is 0 Å². The van der Waals surface area contributed by atoms with Gasteiger partial charge in [0.1, 0.15) is 5.56 Å². The van der Waals surface area contributed by atoms with Gasteiger partial charge in [0, 0.05) is 0 Å². The number of amides is 1. The zero-order valence-electron chi connectivity index (χ0n) is 12.0. The Morgan fingerprint density at radius 3 is 2.76 bits per heavy atom. The molecule has 1 rings (SSSR count). The Morgan fingerprint density at radius 2 is 2.19 bits per heavy atom. The molecule has 0 heterocycles. The number of esters is 1. The first-order valence-corrected chi connectivity index (χ1v) is 6.85. The Morgan fingerprint density at radius 1 is 1.48 bits per heavy atom. The van der Waals surface area contributed by atoms with E-state index in [1.807, 2.05) is 6.92 Å². The van der Waals surface area contributed by atoms with E-state index in [1.165, 1.54) is 19.2 Å². The van der Waals surface area contributed by atoms with Crippen molar-refractivity contribution >= 4 is 24.0 Å². The summed E-state index contributed by atoms with van der Waals surface area (Å²) < 4.78 is 10.2. The summed E-state index contributed by atoms with van der Waals surface area (Å²) in [6, 6.07) is 3.01. The van der Waals surface area contributed by atoms with E-state index in [2.05, 4.69) is 0 Å². The van der Waals surface area contributed by atoms with Gasteiger partial charge in [-0.2, -0.15) is 0 Å². The van der Waals surface area contributed by atoms with Gasteiger partial charge in [-0.25, -0.2) is 9.86 Å². The minimum absolute atomic E-state index is 0.0948. The fraction of sp³-hybridized carbons (Fsp3) is 0.429. The van der Waals surface area contributed by atoms with Crippen molar-refractivity contribution in [1.82, 2.24) is 5.06 Å². The Labute approximate surface area is 128 Å².